The molecule has 13 heteroatoms. The van der Waals surface area contributed by atoms with Crippen molar-refractivity contribution in [3.05, 3.63) is 59.9 Å². The summed E-state index contributed by atoms with van der Waals surface area (Å²) in [5, 5.41) is 29.0. The van der Waals surface area contributed by atoms with E-state index in [4.69, 9.17) is 0 Å². The molecule has 1 aromatic heterocycles. The number of aliphatic hydroxyl groups excluding tert-OH is 2. The molecule has 0 fully saturated rings. The first-order chi connectivity index (χ1) is 18.2. The molecule has 2 aromatic rings. The number of H-pyrrole nitrogens is 1. The van der Waals surface area contributed by atoms with Gasteiger partial charge in [0, 0.05) is 6.20 Å². The van der Waals surface area contributed by atoms with E-state index in [0.29, 0.717) is 11.3 Å². The van der Waals surface area contributed by atoms with Crippen molar-refractivity contribution in [1.82, 2.24) is 26.3 Å². The lowest BCUT2D eigenvalue weighted by Crippen LogP contribution is -2.57. The third-order valence-electron chi connectivity index (χ3n) is 5.60. The Morgan fingerprint density at radius 1 is 0.842 bits per heavy atom. The van der Waals surface area contributed by atoms with Crippen molar-refractivity contribution in [2.24, 2.45) is 0 Å². The van der Waals surface area contributed by atoms with Gasteiger partial charge in [-0.2, -0.15) is 0 Å². The van der Waals surface area contributed by atoms with E-state index in [1.54, 1.807) is 55.6 Å². The number of hydrogen-bond donors (Lipinski definition) is 7. The Morgan fingerprint density at radius 2 is 1.45 bits per heavy atom. The SMILES string of the molecule is CCC(NC(=O)C(CO)NC(=O)C(CO)NC(=O)CC(NC(=O)c1ccc[nH]1)c1ccccc1)C(=O)OC. The molecule has 4 atom stereocenters. The Balaban J connectivity index is 2.04. The molecule has 7 N–H and O–H groups in total. The molecule has 0 spiro atoms. The van der Waals surface area contributed by atoms with Crippen LogP contribution in [0.4, 0.5) is 0 Å². The number of esters is 1. The summed E-state index contributed by atoms with van der Waals surface area (Å²) < 4.78 is 4.59. The van der Waals surface area contributed by atoms with Gasteiger partial charge in [0.1, 0.15) is 23.8 Å². The number of rotatable bonds is 14. The van der Waals surface area contributed by atoms with Crippen LogP contribution in [-0.4, -0.2) is 83.2 Å². The number of carbonyl (C=O) groups excluding carboxylic acids is 5. The smallest absolute Gasteiger partial charge is 0.328 e. The van der Waals surface area contributed by atoms with Gasteiger partial charge in [-0.15, -0.1) is 0 Å². The van der Waals surface area contributed by atoms with Crippen LogP contribution in [0.5, 0.6) is 0 Å². The molecule has 0 bridgehead atoms. The number of nitrogens with one attached hydrogen (secondary N) is 5. The molecule has 4 unspecified atom stereocenters. The van der Waals surface area contributed by atoms with Crippen LogP contribution >= 0.6 is 0 Å². The third-order valence-corrected chi connectivity index (χ3v) is 5.60. The lowest BCUT2D eigenvalue weighted by Gasteiger charge is -2.23. The fourth-order valence-electron chi connectivity index (χ4n) is 3.49. The van der Waals surface area contributed by atoms with Gasteiger partial charge >= 0.3 is 5.97 Å². The number of benzene rings is 1. The maximum Gasteiger partial charge on any atom is 0.328 e. The molecule has 2 rings (SSSR count). The van der Waals surface area contributed by atoms with E-state index >= 15 is 0 Å². The van der Waals surface area contributed by atoms with Crippen molar-refractivity contribution >= 4 is 29.6 Å². The second-order valence-corrected chi connectivity index (χ2v) is 8.26. The quantitative estimate of drug-likeness (QED) is 0.149. The summed E-state index contributed by atoms with van der Waals surface area (Å²) in [7, 11) is 1.16. The summed E-state index contributed by atoms with van der Waals surface area (Å²) in [4.78, 5) is 65.0. The number of amides is 4. The van der Waals surface area contributed by atoms with E-state index < -0.39 is 67.0 Å². The summed E-state index contributed by atoms with van der Waals surface area (Å²) >= 11 is 0. The van der Waals surface area contributed by atoms with E-state index in [1.807, 2.05) is 0 Å². The number of ether oxygens (including phenoxy) is 1. The van der Waals surface area contributed by atoms with Gasteiger partial charge in [-0.05, 0) is 24.1 Å². The summed E-state index contributed by atoms with van der Waals surface area (Å²) in [6.45, 7) is 0.0268. The molecule has 0 saturated carbocycles. The predicted molar refractivity (Wildman–Crippen MR) is 134 cm³/mol. The second-order valence-electron chi connectivity index (χ2n) is 8.26. The molecule has 13 nitrogen and oxygen atoms in total. The van der Waals surface area contributed by atoms with E-state index in [2.05, 4.69) is 31.0 Å². The highest BCUT2D eigenvalue weighted by Gasteiger charge is 2.29. The van der Waals surface area contributed by atoms with Crippen LogP contribution in [0.15, 0.2) is 48.7 Å². The van der Waals surface area contributed by atoms with E-state index in [9.17, 15) is 34.2 Å². The van der Waals surface area contributed by atoms with Crippen molar-refractivity contribution in [2.45, 2.75) is 43.9 Å². The Kier molecular flexibility index (Phi) is 11.9. The Labute approximate surface area is 219 Å². The fraction of sp³-hybridized carbons (Fsp3) is 0.400. The summed E-state index contributed by atoms with van der Waals surface area (Å²) in [5.41, 5.74) is 0.936. The minimum absolute atomic E-state index is 0.211. The topological polar surface area (TPSA) is 199 Å². The van der Waals surface area contributed by atoms with E-state index in [1.165, 1.54) is 0 Å². The molecule has 1 aromatic carbocycles. The van der Waals surface area contributed by atoms with Crippen LogP contribution in [0.3, 0.4) is 0 Å². The van der Waals surface area contributed by atoms with Crippen LogP contribution in [0.1, 0.15) is 41.9 Å². The first-order valence-corrected chi connectivity index (χ1v) is 11.9. The van der Waals surface area contributed by atoms with Gasteiger partial charge in [0.15, 0.2) is 0 Å². The Hall–Kier alpha value is -4.23. The van der Waals surface area contributed by atoms with Crippen LogP contribution in [-0.2, 0) is 23.9 Å². The highest BCUT2D eigenvalue weighted by Crippen LogP contribution is 2.17. The monoisotopic (exact) mass is 531 g/mol. The first kappa shape index (κ1) is 30.0. The summed E-state index contributed by atoms with van der Waals surface area (Å²) in [5.74, 6) is -3.59. The number of aromatic amines is 1. The fourth-order valence-corrected chi connectivity index (χ4v) is 3.49. The van der Waals surface area contributed by atoms with Crippen molar-refractivity contribution in [3.8, 4) is 0 Å². The summed E-state index contributed by atoms with van der Waals surface area (Å²) in [6, 6.07) is 7.30. The Morgan fingerprint density at radius 3 is 1.97 bits per heavy atom. The number of hydrogen-bond acceptors (Lipinski definition) is 8. The van der Waals surface area contributed by atoms with Crippen LogP contribution < -0.4 is 21.3 Å². The molecular weight excluding hydrogens is 498 g/mol. The van der Waals surface area contributed by atoms with Gasteiger partial charge in [0.25, 0.3) is 5.91 Å². The molecule has 0 aliphatic heterocycles. The molecule has 206 valence electrons. The van der Waals surface area contributed by atoms with Gasteiger partial charge in [0.05, 0.1) is 32.8 Å². The highest BCUT2D eigenvalue weighted by atomic mass is 16.5. The Bertz CT molecular complexity index is 1080. The second kappa shape index (κ2) is 15.1. The van der Waals surface area contributed by atoms with Gasteiger partial charge in [0.2, 0.25) is 17.7 Å². The number of carbonyl (C=O) groups is 5. The highest BCUT2D eigenvalue weighted by molar-refractivity contribution is 5.94. The first-order valence-electron chi connectivity index (χ1n) is 11.9. The third kappa shape index (κ3) is 8.71. The van der Waals surface area contributed by atoms with E-state index in [0.717, 1.165) is 7.11 Å². The molecule has 1 heterocycles. The maximum atomic E-state index is 12.8. The van der Waals surface area contributed by atoms with Gasteiger partial charge in [-0.1, -0.05) is 37.3 Å². The average molecular weight is 532 g/mol. The average Bonchev–Trinajstić information content (AvgIpc) is 3.48. The predicted octanol–water partition coefficient (Wildman–Crippen LogP) is -1.10. The van der Waals surface area contributed by atoms with Crippen LogP contribution in [0.2, 0.25) is 0 Å². The van der Waals surface area contributed by atoms with Crippen molar-refractivity contribution in [1.29, 1.82) is 0 Å². The summed E-state index contributed by atoms with van der Waals surface area (Å²) in [6.07, 6.45) is 1.53. The van der Waals surface area contributed by atoms with Gasteiger partial charge in [-0.3, -0.25) is 19.2 Å². The number of methoxy groups -OCH3 is 1. The molecule has 38 heavy (non-hydrogen) atoms. The molecule has 0 aliphatic rings. The van der Waals surface area contributed by atoms with Crippen LogP contribution in [0, 0.1) is 0 Å². The largest absolute Gasteiger partial charge is 0.467 e. The zero-order valence-corrected chi connectivity index (χ0v) is 21.1. The zero-order valence-electron chi connectivity index (χ0n) is 21.1. The molecule has 0 aliphatic carbocycles. The zero-order chi connectivity index (χ0) is 28.1. The van der Waals surface area contributed by atoms with E-state index in [-0.39, 0.29) is 12.8 Å². The lowest BCUT2D eigenvalue weighted by molar-refractivity contribution is -0.145. The maximum absolute atomic E-state index is 12.8. The van der Waals surface area contributed by atoms with Crippen molar-refractivity contribution in [3.63, 3.8) is 0 Å². The normalized spacial score (nSPS) is 13.8. The minimum Gasteiger partial charge on any atom is -0.467 e. The van der Waals surface area contributed by atoms with Crippen molar-refractivity contribution in [2.75, 3.05) is 20.3 Å². The van der Waals surface area contributed by atoms with Gasteiger partial charge < -0.3 is 41.2 Å². The minimum atomic E-state index is -1.46. The van der Waals surface area contributed by atoms with Crippen LogP contribution in [0.25, 0.3) is 0 Å². The van der Waals surface area contributed by atoms with Gasteiger partial charge in [-0.25, -0.2) is 4.79 Å². The molecule has 0 radical (unpaired) electrons. The molecule has 4 amide bonds. The lowest BCUT2D eigenvalue weighted by atomic mass is 10.0. The molecule has 0 saturated heterocycles. The number of aliphatic hydroxyl groups is 2. The van der Waals surface area contributed by atoms with Crippen molar-refractivity contribution < 1.29 is 38.9 Å². The standard InChI is InChI=1S/C25H33N5O8/c1-3-16(25(37)38-2)28-24(36)20(14-32)30-23(35)19(13-31)27-21(33)12-18(15-8-5-4-6-9-15)29-22(34)17-10-7-11-26-17/h4-11,16,18-20,26,31-32H,3,12-14H2,1-2H3,(H,27,33)(H,28,36)(H,29,34)(H,30,35). The number of aromatic nitrogens is 1. The molecular formula is C25H33N5O8.